The predicted octanol–water partition coefficient (Wildman–Crippen LogP) is 15.0. The third-order valence-corrected chi connectivity index (χ3v) is 11.4. The number of hydrogen-bond donors (Lipinski definition) is 0. The van der Waals surface area contributed by atoms with E-state index in [2.05, 4.69) is 158 Å². The van der Waals surface area contributed by atoms with Gasteiger partial charge in [0.25, 0.3) is 0 Å². The number of furan rings is 2. The van der Waals surface area contributed by atoms with Crippen LogP contribution in [0.2, 0.25) is 0 Å². The molecule has 11 aromatic rings. The van der Waals surface area contributed by atoms with Gasteiger partial charge >= 0.3 is 0 Å². The Hall–Kier alpha value is -7.16. The van der Waals surface area contributed by atoms with Crippen molar-refractivity contribution in [2.24, 2.45) is 0 Å². The summed E-state index contributed by atoms with van der Waals surface area (Å²) in [5.74, 6) is 0. The van der Waals surface area contributed by atoms with E-state index >= 15 is 0 Å². The lowest BCUT2D eigenvalue weighted by Crippen LogP contribution is -1.85. The van der Waals surface area contributed by atoms with E-state index in [-0.39, 0.29) is 0 Å². The molecule has 0 amide bonds. The summed E-state index contributed by atoms with van der Waals surface area (Å²) < 4.78 is 12.2. The Labute approximate surface area is 311 Å². The zero-order chi connectivity index (χ0) is 35.3. The van der Waals surface area contributed by atoms with Crippen molar-refractivity contribution in [1.82, 2.24) is 0 Å². The van der Waals surface area contributed by atoms with Crippen molar-refractivity contribution >= 4 is 54.6 Å². The minimum atomic E-state index is 0.917. The minimum Gasteiger partial charge on any atom is -0.456 e. The molecule has 0 aliphatic heterocycles. The molecular weight excluding hydrogens is 657 g/mol. The van der Waals surface area contributed by atoms with Gasteiger partial charge in [0.15, 0.2) is 0 Å². The molecule has 0 N–H and O–H groups in total. The van der Waals surface area contributed by atoms with Gasteiger partial charge in [-0.25, -0.2) is 0 Å². The summed E-state index contributed by atoms with van der Waals surface area (Å²) in [5.41, 5.74) is 18.5. The van der Waals surface area contributed by atoms with Crippen LogP contribution in [0.25, 0.3) is 121 Å². The van der Waals surface area contributed by atoms with Crippen LogP contribution < -0.4 is 0 Å². The van der Waals surface area contributed by atoms with Crippen molar-refractivity contribution in [1.29, 1.82) is 0 Å². The van der Waals surface area contributed by atoms with Gasteiger partial charge in [-0.3, -0.25) is 0 Å². The lowest BCUT2D eigenvalue weighted by molar-refractivity contribution is 0.668. The van der Waals surface area contributed by atoms with E-state index in [1.54, 1.807) is 0 Å². The monoisotopic (exact) mass is 686 g/mol. The van der Waals surface area contributed by atoms with Gasteiger partial charge in [0.1, 0.15) is 22.3 Å². The van der Waals surface area contributed by atoms with Crippen molar-refractivity contribution in [3.05, 3.63) is 182 Å². The summed E-state index contributed by atoms with van der Waals surface area (Å²) in [6.07, 6.45) is 0. The molecule has 250 valence electrons. The first-order valence-corrected chi connectivity index (χ1v) is 18.5. The van der Waals surface area contributed by atoms with E-state index in [9.17, 15) is 0 Å². The molecule has 9 aromatic carbocycles. The topological polar surface area (TPSA) is 26.3 Å². The van der Waals surface area contributed by atoms with Gasteiger partial charge in [0.2, 0.25) is 0 Å². The Kier molecular flexibility index (Phi) is 6.09. The van der Waals surface area contributed by atoms with Gasteiger partial charge in [0, 0.05) is 21.5 Å². The molecule has 0 unspecified atom stereocenters. The van der Waals surface area contributed by atoms with Crippen LogP contribution in [-0.2, 0) is 0 Å². The number of hydrogen-bond acceptors (Lipinski definition) is 2. The van der Waals surface area contributed by atoms with Gasteiger partial charge in [-0.1, -0.05) is 127 Å². The molecule has 0 atom stereocenters. The third-order valence-electron chi connectivity index (χ3n) is 11.4. The third kappa shape index (κ3) is 4.34. The van der Waals surface area contributed by atoms with Crippen LogP contribution in [0.1, 0.15) is 0 Å². The molecule has 2 heterocycles. The Morgan fingerprint density at radius 1 is 0.222 bits per heavy atom. The number of benzene rings is 9. The molecule has 0 saturated carbocycles. The first kappa shape index (κ1) is 29.4. The molecule has 1 aliphatic rings. The summed E-state index contributed by atoms with van der Waals surface area (Å²) >= 11 is 0. The first-order valence-electron chi connectivity index (χ1n) is 18.5. The van der Waals surface area contributed by atoms with Crippen molar-refractivity contribution in [2.75, 3.05) is 0 Å². The van der Waals surface area contributed by atoms with Gasteiger partial charge < -0.3 is 8.83 Å². The molecule has 54 heavy (non-hydrogen) atoms. The summed E-state index contributed by atoms with van der Waals surface area (Å²) in [7, 11) is 0. The first-order chi connectivity index (χ1) is 26.7. The zero-order valence-corrected chi connectivity index (χ0v) is 29.1. The molecular formula is C52H30O2. The molecule has 0 radical (unpaired) electrons. The highest BCUT2D eigenvalue weighted by Crippen LogP contribution is 2.50. The second-order valence-electron chi connectivity index (χ2n) is 14.4. The summed E-state index contributed by atoms with van der Waals surface area (Å²) in [5, 5.41) is 7.19. The maximum atomic E-state index is 6.11. The quantitative estimate of drug-likeness (QED) is 0.184. The average molecular weight is 687 g/mol. The van der Waals surface area contributed by atoms with E-state index < -0.39 is 0 Å². The Bertz CT molecular complexity index is 3340. The fourth-order valence-corrected chi connectivity index (χ4v) is 8.84. The summed E-state index contributed by atoms with van der Waals surface area (Å²) in [4.78, 5) is 0. The maximum Gasteiger partial charge on any atom is 0.135 e. The number of fused-ring (bicyclic) bond motifs is 9. The van der Waals surface area contributed by atoms with E-state index in [0.717, 1.165) is 43.9 Å². The molecule has 0 bridgehead atoms. The largest absolute Gasteiger partial charge is 0.456 e. The highest BCUT2D eigenvalue weighted by molar-refractivity contribution is 6.19. The zero-order valence-electron chi connectivity index (χ0n) is 29.1. The van der Waals surface area contributed by atoms with E-state index in [4.69, 9.17) is 8.83 Å². The molecule has 0 spiro atoms. The van der Waals surface area contributed by atoms with Crippen LogP contribution >= 0.6 is 0 Å². The van der Waals surface area contributed by atoms with E-state index in [0.29, 0.717) is 0 Å². The fourth-order valence-electron chi connectivity index (χ4n) is 8.84. The molecule has 12 rings (SSSR count). The SMILES string of the molecule is c1cc(-c2ccc3c(c2)-c2ccc(-c4cccc(-c5ccc6oc7ccccc7c6c5)c4)c4cccc-3c24)cc(-c2ccc3oc4ccccc4c3c2)c1. The highest BCUT2D eigenvalue weighted by atomic mass is 16.3. The number of rotatable bonds is 4. The highest BCUT2D eigenvalue weighted by Gasteiger charge is 2.23. The summed E-state index contributed by atoms with van der Waals surface area (Å²) in [6.45, 7) is 0. The molecule has 2 heteroatoms. The second-order valence-corrected chi connectivity index (χ2v) is 14.4. The van der Waals surface area contributed by atoms with Crippen LogP contribution in [0.3, 0.4) is 0 Å². The van der Waals surface area contributed by atoms with Gasteiger partial charge in [-0.05, 0) is 132 Å². The van der Waals surface area contributed by atoms with Crippen LogP contribution in [0.15, 0.2) is 191 Å². The smallest absolute Gasteiger partial charge is 0.135 e. The second kappa shape index (κ2) is 11.2. The maximum absolute atomic E-state index is 6.11. The Morgan fingerprint density at radius 3 is 1.33 bits per heavy atom. The van der Waals surface area contributed by atoms with Crippen molar-refractivity contribution in [3.8, 4) is 66.8 Å². The predicted molar refractivity (Wildman–Crippen MR) is 225 cm³/mol. The molecule has 1 aliphatic carbocycles. The van der Waals surface area contributed by atoms with E-state index in [1.165, 1.54) is 77.5 Å². The van der Waals surface area contributed by atoms with Crippen LogP contribution in [-0.4, -0.2) is 0 Å². The molecule has 2 aromatic heterocycles. The van der Waals surface area contributed by atoms with Crippen molar-refractivity contribution < 1.29 is 8.83 Å². The fraction of sp³-hybridized carbons (Fsp3) is 0. The van der Waals surface area contributed by atoms with Gasteiger partial charge in [-0.15, -0.1) is 0 Å². The summed E-state index contributed by atoms with van der Waals surface area (Å²) in [6, 6.07) is 65.8. The minimum absolute atomic E-state index is 0.917. The molecule has 0 fully saturated rings. The lowest BCUT2D eigenvalue weighted by Gasteiger charge is -2.11. The molecule has 2 nitrogen and oxygen atoms in total. The standard InChI is InChI=1S/C52H30O2/c1-3-16-48-40(12-1)46-29-35(19-24-50(46)53-48)32-9-5-8-31(26-32)34-18-21-39-43-15-7-14-42-38(22-23-44(52(42)43)45(39)28-34)37-11-6-10-33(27-37)36-20-25-51-47(30-36)41-13-2-4-17-49(41)54-51/h1-30H. The molecule has 0 saturated heterocycles. The van der Waals surface area contributed by atoms with Gasteiger partial charge in [-0.2, -0.15) is 0 Å². The van der Waals surface area contributed by atoms with E-state index in [1.807, 2.05) is 24.3 Å². The lowest BCUT2D eigenvalue weighted by atomic mass is 9.92. The van der Waals surface area contributed by atoms with Crippen molar-refractivity contribution in [2.45, 2.75) is 0 Å². The van der Waals surface area contributed by atoms with Gasteiger partial charge in [0.05, 0.1) is 0 Å². The Morgan fingerprint density at radius 2 is 0.667 bits per heavy atom. The van der Waals surface area contributed by atoms with Crippen LogP contribution in [0.5, 0.6) is 0 Å². The number of para-hydroxylation sites is 2. The Balaban J connectivity index is 0.923. The van der Waals surface area contributed by atoms with Crippen LogP contribution in [0.4, 0.5) is 0 Å². The van der Waals surface area contributed by atoms with Crippen LogP contribution in [0, 0.1) is 0 Å². The normalized spacial score (nSPS) is 12.1. The average Bonchev–Trinajstić information content (AvgIpc) is 3.91. The van der Waals surface area contributed by atoms with Crippen molar-refractivity contribution in [3.63, 3.8) is 0 Å².